The van der Waals surface area contributed by atoms with E-state index in [0.29, 0.717) is 31.5 Å². The Kier molecular flexibility index (Phi) is 4.65. The van der Waals surface area contributed by atoms with Gasteiger partial charge in [0.2, 0.25) is 0 Å². The van der Waals surface area contributed by atoms with Gasteiger partial charge in [-0.05, 0) is 12.8 Å². The second-order valence-corrected chi connectivity index (χ2v) is 4.93. The van der Waals surface area contributed by atoms with Crippen LogP contribution in [0.4, 0.5) is 13.2 Å². The van der Waals surface area contributed by atoms with Crippen molar-refractivity contribution in [2.45, 2.75) is 31.7 Å². The average molecular weight is 287 g/mol. The number of hydrogen-bond acceptors (Lipinski definition) is 2. The Hall–Kier alpha value is -1.56. The maximum absolute atomic E-state index is 13.7. The lowest BCUT2D eigenvalue weighted by Gasteiger charge is -2.29. The van der Waals surface area contributed by atoms with Gasteiger partial charge < -0.3 is 10.0 Å². The highest BCUT2D eigenvalue weighted by molar-refractivity contribution is 5.95. The molecular weight excluding hydrogens is 271 g/mol. The van der Waals surface area contributed by atoms with Gasteiger partial charge in [-0.15, -0.1) is 0 Å². The highest BCUT2D eigenvalue weighted by Gasteiger charge is 2.29. The molecule has 6 heteroatoms. The SMILES string of the molecule is O=C(c1c(F)cc(F)cc1F)N1CCCCCC1CO. The van der Waals surface area contributed by atoms with E-state index in [0.717, 1.165) is 12.8 Å². The Morgan fingerprint density at radius 2 is 1.85 bits per heavy atom. The van der Waals surface area contributed by atoms with Gasteiger partial charge in [0.1, 0.15) is 23.0 Å². The fraction of sp³-hybridized carbons (Fsp3) is 0.500. The highest BCUT2D eigenvalue weighted by Crippen LogP contribution is 2.22. The number of amides is 1. The van der Waals surface area contributed by atoms with Gasteiger partial charge in [0.05, 0.1) is 12.6 Å². The number of aliphatic hydroxyl groups excluding tert-OH is 1. The normalized spacial score (nSPS) is 19.8. The third kappa shape index (κ3) is 2.95. The van der Waals surface area contributed by atoms with Gasteiger partial charge in [-0.3, -0.25) is 4.79 Å². The summed E-state index contributed by atoms with van der Waals surface area (Å²) in [5, 5.41) is 9.32. The van der Waals surface area contributed by atoms with Gasteiger partial charge in [0.25, 0.3) is 5.91 Å². The molecule has 1 aromatic rings. The van der Waals surface area contributed by atoms with Gasteiger partial charge in [-0.25, -0.2) is 13.2 Å². The Bertz CT molecular complexity index is 484. The first kappa shape index (κ1) is 14.8. The first-order valence-electron chi connectivity index (χ1n) is 6.61. The van der Waals surface area contributed by atoms with E-state index in [2.05, 4.69) is 0 Å². The van der Waals surface area contributed by atoms with E-state index in [1.807, 2.05) is 0 Å². The molecule has 20 heavy (non-hydrogen) atoms. The molecule has 0 bridgehead atoms. The number of aliphatic hydroxyl groups is 1. The number of halogens is 3. The molecular formula is C14H16F3NO2. The number of likely N-dealkylation sites (tertiary alicyclic amines) is 1. The molecule has 3 nitrogen and oxygen atoms in total. The fourth-order valence-corrected chi connectivity index (χ4v) is 2.52. The molecule has 1 heterocycles. The number of nitrogens with zero attached hydrogens (tertiary/aromatic N) is 1. The molecule has 1 N–H and O–H groups in total. The van der Waals surface area contributed by atoms with Crippen LogP contribution in [0.25, 0.3) is 0 Å². The largest absolute Gasteiger partial charge is 0.394 e. The smallest absolute Gasteiger partial charge is 0.260 e. The summed E-state index contributed by atoms with van der Waals surface area (Å²) in [6.45, 7) is 0.0799. The summed E-state index contributed by atoms with van der Waals surface area (Å²) in [6.07, 6.45) is 3.05. The minimum absolute atomic E-state index is 0.254. The first-order valence-corrected chi connectivity index (χ1v) is 6.61. The molecule has 0 aromatic heterocycles. The Labute approximate surface area is 115 Å². The molecule has 0 spiro atoms. The molecule has 1 amide bonds. The molecule has 1 atom stereocenters. The molecule has 0 aliphatic carbocycles. The zero-order valence-electron chi connectivity index (χ0n) is 10.9. The van der Waals surface area contributed by atoms with Gasteiger partial charge in [0.15, 0.2) is 0 Å². The van der Waals surface area contributed by atoms with Crippen molar-refractivity contribution < 1.29 is 23.1 Å². The summed E-state index contributed by atoms with van der Waals surface area (Å²) in [7, 11) is 0. The zero-order valence-corrected chi connectivity index (χ0v) is 10.9. The Balaban J connectivity index is 2.34. The van der Waals surface area contributed by atoms with Crippen molar-refractivity contribution in [1.29, 1.82) is 0 Å². The van der Waals surface area contributed by atoms with E-state index in [1.165, 1.54) is 4.90 Å². The number of carbonyl (C=O) groups excluding carboxylic acids is 1. The Morgan fingerprint density at radius 1 is 1.20 bits per heavy atom. The van der Waals surface area contributed by atoms with Crippen LogP contribution in [0, 0.1) is 17.5 Å². The van der Waals surface area contributed by atoms with Crippen LogP contribution in [0.2, 0.25) is 0 Å². The van der Waals surface area contributed by atoms with E-state index >= 15 is 0 Å². The summed E-state index contributed by atoms with van der Waals surface area (Å²) < 4.78 is 40.2. The van der Waals surface area contributed by atoms with Crippen molar-refractivity contribution in [2.75, 3.05) is 13.2 Å². The van der Waals surface area contributed by atoms with Crippen LogP contribution in [0.15, 0.2) is 12.1 Å². The number of benzene rings is 1. The molecule has 110 valence electrons. The lowest BCUT2D eigenvalue weighted by molar-refractivity contribution is 0.0590. The van der Waals surface area contributed by atoms with E-state index < -0.39 is 35.0 Å². The molecule has 1 fully saturated rings. The lowest BCUT2D eigenvalue weighted by atomic mass is 10.1. The van der Waals surface area contributed by atoms with Gasteiger partial charge in [-0.1, -0.05) is 12.8 Å². The van der Waals surface area contributed by atoms with Crippen molar-refractivity contribution in [3.63, 3.8) is 0 Å². The van der Waals surface area contributed by atoms with Crippen molar-refractivity contribution in [3.05, 3.63) is 35.1 Å². The monoisotopic (exact) mass is 287 g/mol. The lowest BCUT2D eigenvalue weighted by Crippen LogP contribution is -2.42. The van der Waals surface area contributed by atoms with Crippen molar-refractivity contribution in [2.24, 2.45) is 0 Å². The van der Waals surface area contributed by atoms with Crippen molar-refractivity contribution in [3.8, 4) is 0 Å². The number of hydrogen-bond donors (Lipinski definition) is 1. The van der Waals surface area contributed by atoms with E-state index in [1.54, 1.807) is 0 Å². The summed E-state index contributed by atoms with van der Waals surface area (Å²) >= 11 is 0. The third-order valence-corrected chi connectivity index (χ3v) is 3.57. The molecule has 1 unspecified atom stereocenters. The topological polar surface area (TPSA) is 40.5 Å². The van der Waals surface area contributed by atoms with E-state index in [-0.39, 0.29) is 6.61 Å². The molecule has 1 aromatic carbocycles. The van der Waals surface area contributed by atoms with E-state index in [4.69, 9.17) is 0 Å². The molecule has 2 rings (SSSR count). The average Bonchev–Trinajstić information content (AvgIpc) is 2.62. The van der Waals surface area contributed by atoms with Gasteiger partial charge >= 0.3 is 0 Å². The first-order chi connectivity index (χ1) is 9.54. The standard InChI is InChI=1S/C14H16F3NO2/c15-9-6-11(16)13(12(17)7-9)14(20)18-5-3-1-2-4-10(18)8-19/h6-7,10,19H,1-5,8H2. The minimum Gasteiger partial charge on any atom is -0.394 e. The minimum atomic E-state index is -1.21. The molecule has 0 radical (unpaired) electrons. The molecule has 1 aliphatic heterocycles. The summed E-state index contributed by atoms with van der Waals surface area (Å²) in [4.78, 5) is 13.6. The van der Waals surface area contributed by atoms with Gasteiger partial charge in [0, 0.05) is 18.7 Å². The summed E-state index contributed by atoms with van der Waals surface area (Å²) in [5.41, 5.74) is -0.758. The van der Waals surface area contributed by atoms with Crippen LogP contribution in [-0.2, 0) is 0 Å². The number of rotatable bonds is 2. The molecule has 1 saturated heterocycles. The second kappa shape index (κ2) is 6.26. The van der Waals surface area contributed by atoms with Crippen molar-refractivity contribution >= 4 is 5.91 Å². The quantitative estimate of drug-likeness (QED) is 0.908. The molecule has 1 aliphatic rings. The number of carbonyl (C=O) groups is 1. The van der Waals surface area contributed by atoms with Crippen LogP contribution < -0.4 is 0 Å². The predicted molar refractivity (Wildman–Crippen MR) is 66.7 cm³/mol. The predicted octanol–water partition coefficient (Wildman–Crippen LogP) is 2.48. The van der Waals surface area contributed by atoms with E-state index in [9.17, 15) is 23.1 Å². The van der Waals surface area contributed by atoms with Crippen LogP contribution in [-0.4, -0.2) is 35.1 Å². The van der Waals surface area contributed by atoms with Crippen LogP contribution in [0.1, 0.15) is 36.0 Å². The highest BCUT2D eigenvalue weighted by atomic mass is 19.1. The third-order valence-electron chi connectivity index (χ3n) is 3.57. The Morgan fingerprint density at radius 3 is 2.45 bits per heavy atom. The second-order valence-electron chi connectivity index (χ2n) is 4.93. The zero-order chi connectivity index (χ0) is 14.7. The fourth-order valence-electron chi connectivity index (χ4n) is 2.52. The van der Waals surface area contributed by atoms with Crippen molar-refractivity contribution in [1.82, 2.24) is 4.90 Å². The van der Waals surface area contributed by atoms with Crippen LogP contribution in [0.5, 0.6) is 0 Å². The van der Waals surface area contributed by atoms with Crippen LogP contribution >= 0.6 is 0 Å². The summed E-state index contributed by atoms with van der Waals surface area (Å²) in [5.74, 6) is -4.33. The maximum atomic E-state index is 13.7. The van der Waals surface area contributed by atoms with Gasteiger partial charge in [-0.2, -0.15) is 0 Å². The maximum Gasteiger partial charge on any atom is 0.260 e. The van der Waals surface area contributed by atoms with Crippen LogP contribution in [0.3, 0.4) is 0 Å². The summed E-state index contributed by atoms with van der Waals surface area (Å²) in [6, 6.07) is 0.526. The molecule has 0 saturated carbocycles.